The van der Waals surface area contributed by atoms with E-state index in [0.29, 0.717) is 5.75 Å². The minimum Gasteiger partial charge on any atom is -0.357 e. The predicted molar refractivity (Wildman–Crippen MR) is 114 cm³/mol. The van der Waals surface area contributed by atoms with Crippen molar-refractivity contribution in [3.05, 3.63) is 70.9 Å². The second-order valence-corrected chi connectivity index (χ2v) is 6.88. The van der Waals surface area contributed by atoms with Crippen molar-refractivity contribution < 1.29 is 4.84 Å². The number of oxime groups is 1. The van der Waals surface area contributed by atoms with E-state index in [1.54, 1.807) is 0 Å². The smallest absolute Gasteiger partial charge is 0.157 e. The molecule has 0 atom stereocenters. The van der Waals surface area contributed by atoms with Crippen LogP contribution in [0.15, 0.2) is 69.4 Å². The number of benzene rings is 2. The van der Waals surface area contributed by atoms with Crippen LogP contribution in [-0.4, -0.2) is 17.1 Å². The molecule has 3 rings (SSSR count). The van der Waals surface area contributed by atoms with Gasteiger partial charge >= 0.3 is 0 Å². The lowest BCUT2D eigenvalue weighted by atomic mass is 10.1. The summed E-state index contributed by atoms with van der Waals surface area (Å²) in [5.74, 6) is 0.715. The van der Waals surface area contributed by atoms with E-state index in [-0.39, 0.29) is 0 Å². The van der Waals surface area contributed by atoms with Gasteiger partial charge in [0.1, 0.15) is 0 Å². The lowest BCUT2D eigenvalue weighted by Gasteiger charge is -2.08. The van der Waals surface area contributed by atoms with E-state index < -0.39 is 0 Å². The molecule has 0 amide bonds. The third kappa shape index (κ3) is 4.59. The van der Waals surface area contributed by atoms with Gasteiger partial charge in [-0.3, -0.25) is 4.99 Å². The zero-order chi connectivity index (χ0) is 19.4. The highest BCUT2D eigenvalue weighted by Crippen LogP contribution is 2.27. The Balaban J connectivity index is 1.76. The number of aliphatic imine (C=N–C) groups is 2. The van der Waals surface area contributed by atoms with Crippen molar-refractivity contribution in [1.82, 2.24) is 0 Å². The number of nitrogens with zero attached hydrogens (tertiary/aromatic N) is 3. The fourth-order valence-corrected chi connectivity index (χ4v) is 3.12. The first-order chi connectivity index (χ1) is 12.9. The Morgan fingerprint density at radius 3 is 2.30 bits per heavy atom. The summed E-state index contributed by atoms with van der Waals surface area (Å²) in [5.41, 5.74) is 8.16. The van der Waals surface area contributed by atoms with Crippen LogP contribution in [-0.2, 0) is 0 Å². The largest absolute Gasteiger partial charge is 0.357 e. The predicted octanol–water partition coefficient (Wildman–Crippen LogP) is 5.89. The zero-order valence-corrected chi connectivity index (χ0v) is 16.6. The fraction of sp³-hybridized carbons (Fsp3) is 0.261. The Morgan fingerprint density at radius 1 is 0.963 bits per heavy atom. The van der Waals surface area contributed by atoms with Crippen molar-refractivity contribution in [2.75, 3.05) is 0 Å². The van der Waals surface area contributed by atoms with Crippen LogP contribution in [0.5, 0.6) is 5.75 Å². The van der Waals surface area contributed by atoms with Crippen molar-refractivity contribution >= 4 is 22.8 Å². The Labute approximate surface area is 161 Å². The first-order valence-electron chi connectivity index (χ1n) is 9.12. The third-order valence-electron chi connectivity index (χ3n) is 4.48. The van der Waals surface area contributed by atoms with Gasteiger partial charge in [0.25, 0.3) is 0 Å². The van der Waals surface area contributed by atoms with Gasteiger partial charge in [0.15, 0.2) is 5.75 Å². The van der Waals surface area contributed by atoms with Crippen LogP contribution in [0.4, 0.5) is 5.69 Å². The van der Waals surface area contributed by atoms with Crippen molar-refractivity contribution in [2.24, 2.45) is 15.1 Å². The van der Waals surface area contributed by atoms with Crippen LogP contribution < -0.4 is 4.84 Å². The molecule has 0 fully saturated rings. The van der Waals surface area contributed by atoms with Crippen LogP contribution in [0.1, 0.15) is 37.0 Å². The Hall–Kier alpha value is -3.01. The average Bonchev–Trinajstić information content (AvgIpc) is 3.14. The molecule has 4 heteroatoms. The SMILES string of the molecule is CC(=Nc1c(C)cc(C)cc1C)C1=CCC(/C(C)=N/Oc2ccccc2)=N1. The maximum atomic E-state index is 5.47. The first kappa shape index (κ1) is 18.8. The van der Waals surface area contributed by atoms with Gasteiger partial charge in [-0.05, 0) is 57.9 Å². The van der Waals surface area contributed by atoms with Gasteiger partial charge in [-0.1, -0.05) is 47.1 Å². The van der Waals surface area contributed by atoms with Crippen molar-refractivity contribution in [3.63, 3.8) is 0 Å². The highest BCUT2D eigenvalue weighted by atomic mass is 16.6. The van der Waals surface area contributed by atoms with Gasteiger partial charge in [0.2, 0.25) is 0 Å². The van der Waals surface area contributed by atoms with Gasteiger partial charge in [0, 0.05) is 6.42 Å². The van der Waals surface area contributed by atoms with E-state index in [1.807, 2.05) is 44.2 Å². The summed E-state index contributed by atoms with van der Waals surface area (Å²) in [7, 11) is 0. The first-order valence-corrected chi connectivity index (χ1v) is 9.12. The van der Waals surface area contributed by atoms with Crippen LogP contribution in [0, 0.1) is 20.8 Å². The van der Waals surface area contributed by atoms with E-state index in [4.69, 9.17) is 14.8 Å². The molecule has 1 heterocycles. The Morgan fingerprint density at radius 2 is 1.63 bits per heavy atom. The molecule has 1 aliphatic heterocycles. The Kier molecular flexibility index (Phi) is 5.65. The molecule has 27 heavy (non-hydrogen) atoms. The molecule has 0 spiro atoms. The molecule has 138 valence electrons. The summed E-state index contributed by atoms with van der Waals surface area (Å²) in [6, 6.07) is 13.9. The fourth-order valence-electron chi connectivity index (χ4n) is 3.12. The number of allylic oxidation sites excluding steroid dienone is 2. The molecule has 4 nitrogen and oxygen atoms in total. The summed E-state index contributed by atoms with van der Waals surface area (Å²) in [6.07, 6.45) is 2.83. The molecule has 0 saturated heterocycles. The molecule has 0 radical (unpaired) electrons. The maximum absolute atomic E-state index is 5.47. The standard InChI is InChI=1S/C23H25N3O/c1-15-13-16(2)23(17(3)14-15)24-18(4)21-11-12-22(25-21)19(5)26-27-20-9-7-6-8-10-20/h6-11,13-14H,12H2,1-5H3/b24-18?,26-19+. The molecule has 2 aromatic rings. The van der Waals surface area contributed by atoms with Crippen molar-refractivity contribution in [2.45, 2.75) is 41.0 Å². The monoisotopic (exact) mass is 359 g/mol. The van der Waals surface area contributed by atoms with Gasteiger partial charge in [-0.15, -0.1) is 0 Å². The third-order valence-corrected chi connectivity index (χ3v) is 4.48. The minimum atomic E-state index is 0.715. The summed E-state index contributed by atoms with van der Waals surface area (Å²) in [4.78, 5) is 15.0. The van der Waals surface area contributed by atoms with E-state index >= 15 is 0 Å². The van der Waals surface area contributed by atoms with Gasteiger partial charge in [0.05, 0.1) is 28.5 Å². The number of hydrogen-bond donors (Lipinski definition) is 0. The summed E-state index contributed by atoms with van der Waals surface area (Å²) in [5, 5.41) is 4.20. The zero-order valence-electron chi connectivity index (χ0n) is 16.6. The molecule has 1 aliphatic rings. The van der Waals surface area contributed by atoms with Crippen molar-refractivity contribution in [1.29, 1.82) is 0 Å². The van der Waals surface area contributed by atoms with Crippen LogP contribution in [0.25, 0.3) is 0 Å². The lowest BCUT2D eigenvalue weighted by Crippen LogP contribution is -2.09. The van der Waals surface area contributed by atoms with Crippen LogP contribution >= 0.6 is 0 Å². The van der Waals surface area contributed by atoms with E-state index in [0.717, 1.165) is 34.9 Å². The molecule has 0 saturated carbocycles. The lowest BCUT2D eigenvalue weighted by molar-refractivity contribution is 0.342. The van der Waals surface area contributed by atoms with E-state index in [1.165, 1.54) is 16.7 Å². The number of aryl methyl sites for hydroxylation is 3. The molecular formula is C23H25N3O. The average molecular weight is 359 g/mol. The number of rotatable bonds is 5. The second kappa shape index (κ2) is 8.12. The minimum absolute atomic E-state index is 0.715. The number of hydrogen-bond acceptors (Lipinski definition) is 4. The highest BCUT2D eigenvalue weighted by Gasteiger charge is 2.15. The van der Waals surface area contributed by atoms with E-state index in [9.17, 15) is 0 Å². The topological polar surface area (TPSA) is 46.3 Å². The summed E-state index contributed by atoms with van der Waals surface area (Å²) in [6.45, 7) is 10.2. The van der Waals surface area contributed by atoms with E-state index in [2.05, 4.69) is 44.1 Å². The molecule has 0 aromatic heterocycles. The van der Waals surface area contributed by atoms with Crippen LogP contribution in [0.2, 0.25) is 0 Å². The van der Waals surface area contributed by atoms with Gasteiger partial charge in [-0.25, -0.2) is 4.99 Å². The van der Waals surface area contributed by atoms with Gasteiger partial charge in [-0.2, -0.15) is 0 Å². The molecule has 2 aromatic carbocycles. The molecule has 0 bridgehead atoms. The molecule has 0 aliphatic carbocycles. The highest BCUT2D eigenvalue weighted by molar-refractivity contribution is 6.43. The van der Waals surface area contributed by atoms with Crippen molar-refractivity contribution in [3.8, 4) is 5.75 Å². The molecule has 0 N–H and O–H groups in total. The molecule has 0 unspecified atom stereocenters. The summed E-state index contributed by atoms with van der Waals surface area (Å²) < 4.78 is 0. The second-order valence-electron chi connectivity index (χ2n) is 6.88. The van der Waals surface area contributed by atoms with Gasteiger partial charge < -0.3 is 4.84 Å². The maximum Gasteiger partial charge on any atom is 0.157 e. The summed E-state index contributed by atoms with van der Waals surface area (Å²) >= 11 is 0. The van der Waals surface area contributed by atoms with Crippen LogP contribution in [0.3, 0.4) is 0 Å². The Bertz CT molecular complexity index is 943. The number of para-hydroxylation sites is 1. The quantitative estimate of drug-likeness (QED) is 0.485. The normalized spacial score (nSPS) is 14.9. The molecular weight excluding hydrogens is 334 g/mol.